The van der Waals surface area contributed by atoms with E-state index < -0.39 is 23.3 Å². The minimum atomic E-state index is -0.427. The fourth-order valence-corrected chi connectivity index (χ4v) is 6.90. The Kier molecular flexibility index (Phi) is 9.37. The molecule has 4 heterocycles. The molecule has 0 unspecified atom stereocenters. The number of hydrogen-bond acceptors (Lipinski definition) is 8. The van der Waals surface area contributed by atoms with Gasteiger partial charge in [-0.05, 0) is 140 Å². The van der Waals surface area contributed by atoms with Crippen molar-refractivity contribution in [1.82, 2.24) is 44.4 Å². The monoisotopic (exact) mass is 805 g/mol. The molecule has 0 aliphatic heterocycles. The summed E-state index contributed by atoms with van der Waals surface area (Å²) in [6.45, 7) is 0. The summed E-state index contributed by atoms with van der Waals surface area (Å²) in [7, 11) is 0. The predicted molar refractivity (Wildman–Crippen MR) is 224 cm³/mol. The Labute approximate surface area is 344 Å². The predicted octanol–water partition coefficient (Wildman–Crippen LogP) is 11.0. The lowest BCUT2D eigenvalue weighted by molar-refractivity contribution is 0.627. The summed E-state index contributed by atoms with van der Waals surface area (Å²) < 4.78 is 58.5. The molecule has 0 atom stereocenters. The molecular weight excluding hydrogens is 779 g/mol. The number of benzene rings is 6. The van der Waals surface area contributed by atoms with Crippen molar-refractivity contribution >= 4 is 11.0 Å². The van der Waals surface area contributed by atoms with Crippen LogP contribution >= 0.6 is 0 Å². The van der Waals surface area contributed by atoms with E-state index >= 15 is 0 Å². The molecule has 0 spiro atoms. The number of rotatable bonds is 8. The average molecular weight is 806 g/mol. The minimum absolute atomic E-state index is 0.232. The number of hydrogen-bond donors (Lipinski definition) is 0. The number of imidazole rings is 1. The van der Waals surface area contributed by atoms with Crippen LogP contribution in [0.2, 0.25) is 0 Å². The molecule has 9 nitrogen and oxygen atoms in total. The minimum Gasteiger partial charge on any atom is -0.292 e. The Balaban J connectivity index is 1.26. The average Bonchev–Trinajstić information content (AvgIpc) is 3.70. The molecule has 0 bridgehead atoms. The molecular formula is C48H27F4N9. The van der Waals surface area contributed by atoms with E-state index in [-0.39, 0.29) is 34.9 Å². The van der Waals surface area contributed by atoms with Gasteiger partial charge in [0.25, 0.3) is 0 Å². The number of para-hydroxylation sites is 2. The van der Waals surface area contributed by atoms with Crippen LogP contribution in [0, 0.1) is 23.3 Å². The maximum atomic E-state index is 14.1. The molecule has 292 valence electrons. The van der Waals surface area contributed by atoms with E-state index in [1.165, 1.54) is 48.5 Å². The van der Waals surface area contributed by atoms with Crippen LogP contribution in [0.1, 0.15) is 0 Å². The third-order valence-corrected chi connectivity index (χ3v) is 9.85. The van der Waals surface area contributed by atoms with E-state index in [2.05, 4.69) is 4.98 Å². The van der Waals surface area contributed by atoms with Gasteiger partial charge in [-0.2, -0.15) is 0 Å². The summed E-state index contributed by atoms with van der Waals surface area (Å²) in [5, 5.41) is 0. The number of aromatic nitrogens is 9. The quantitative estimate of drug-likeness (QED) is 0.140. The van der Waals surface area contributed by atoms with Crippen LogP contribution in [0.15, 0.2) is 164 Å². The maximum Gasteiger partial charge on any atom is 0.164 e. The summed E-state index contributed by atoms with van der Waals surface area (Å²) in [4.78, 5) is 38.5. The van der Waals surface area contributed by atoms with E-state index in [9.17, 15) is 17.6 Å². The standard InChI is InChI=1S/C48H27F4N9/c49-35-15-7-28(8-16-35)42-55-43(29-9-17-36(50)18-10-29)58-46(57-42)33-24-34(26-39(25-33)61-41-6-2-1-5-40(41)54-48(61)32-4-3-23-53-27-32)47-59-44(30-11-19-37(51)20-12-30)56-45(60-47)31-13-21-38(52)22-14-31/h1-27H. The van der Waals surface area contributed by atoms with Gasteiger partial charge >= 0.3 is 0 Å². The smallest absolute Gasteiger partial charge is 0.164 e. The highest BCUT2D eigenvalue weighted by Crippen LogP contribution is 2.35. The molecule has 10 aromatic rings. The Bertz CT molecular complexity index is 2930. The van der Waals surface area contributed by atoms with E-state index in [0.717, 1.165) is 16.6 Å². The van der Waals surface area contributed by atoms with Gasteiger partial charge in [0.05, 0.1) is 11.0 Å². The first-order valence-electron chi connectivity index (χ1n) is 18.9. The third kappa shape index (κ3) is 7.47. The highest BCUT2D eigenvalue weighted by molar-refractivity contribution is 5.85. The van der Waals surface area contributed by atoms with Crippen molar-refractivity contribution in [2.24, 2.45) is 0 Å². The van der Waals surface area contributed by atoms with Gasteiger partial charge in [0.1, 0.15) is 29.1 Å². The Morgan fingerprint density at radius 1 is 0.344 bits per heavy atom. The first-order valence-corrected chi connectivity index (χ1v) is 18.9. The highest BCUT2D eigenvalue weighted by atomic mass is 19.1. The molecule has 0 fully saturated rings. The van der Waals surface area contributed by atoms with Crippen LogP contribution in [-0.2, 0) is 0 Å². The molecule has 6 aromatic carbocycles. The molecule has 0 saturated carbocycles. The van der Waals surface area contributed by atoms with Gasteiger partial charge in [-0.15, -0.1) is 0 Å². The van der Waals surface area contributed by atoms with Gasteiger partial charge < -0.3 is 0 Å². The molecule has 0 N–H and O–H groups in total. The largest absolute Gasteiger partial charge is 0.292 e. The zero-order chi connectivity index (χ0) is 41.5. The lowest BCUT2D eigenvalue weighted by atomic mass is 10.1. The van der Waals surface area contributed by atoms with Crippen molar-refractivity contribution in [3.8, 4) is 85.4 Å². The van der Waals surface area contributed by atoms with Crippen LogP contribution in [0.3, 0.4) is 0 Å². The maximum absolute atomic E-state index is 14.1. The summed E-state index contributed by atoms with van der Waals surface area (Å²) in [6, 6.07) is 40.2. The van der Waals surface area contributed by atoms with Crippen molar-refractivity contribution < 1.29 is 17.6 Å². The second-order valence-corrected chi connectivity index (χ2v) is 13.9. The van der Waals surface area contributed by atoms with Gasteiger partial charge in [-0.25, -0.2) is 52.4 Å². The number of halogens is 4. The number of fused-ring (bicyclic) bond motifs is 1. The lowest BCUT2D eigenvalue weighted by Gasteiger charge is -2.15. The topological polar surface area (TPSA) is 108 Å². The van der Waals surface area contributed by atoms with Gasteiger partial charge in [-0.1, -0.05) is 12.1 Å². The molecule has 0 radical (unpaired) electrons. The first-order chi connectivity index (χ1) is 29.8. The first kappa shape index (κ1) is 37.0. The van der Waals surface area contributed by atoms with Crippen LogP contribution in [-0.4, -0.2) is 44.4 Å². The Morgan fingerprint density at radius 2 is 0.738 bits per heavy atom. The van der Waals surface area contributed by atoms with Crippen molar-refractivity contribution in [1.29, 1.82) is 0 Å². The normalized spacial score (nSPS) is 11.3. The molecule has 0 aliphatic carbocycles. The molecule has 13 heteroatoms. The second-order valence-electron chi connectivity index (χ2n) is 13.9. The van der Waals surface area contributed by atoms with Crippen molar-refractivity contribution in [3.05, 3.63) is 187 Å². The molecule has 0 saturated heterocycles. The van der Waals surface area contributed by atoms with E-state index in [1.54, 1.807) is 60.9 Å². The zero-order valence-corrected chi connectivity index (χ0v) is 31.6. The summed E-state index contributed by atoms with van der Waals surface area (Å²) in [5.74, 6) is 0.345. The zero-order valence-electron chi connectivity index (χ0n) is 31.6. The van der Waals surface area contributed by atoms with Crippen LogP contribution in [0.4, 0.5) is 17.6 Å². The number of nitrogens with zero attached hydrogens (tertiary/aromatic N) is 9. The molecule has 10 rings (SSSR count). The van der Waals surface area contributed by atoms with Gasteiger partial charge in [0.2, 0.25) is 0 Å². The van der Waals surface area contributed by atoms with E-state index in [0.29, 0.717) is 44.9 Å². The van der Waals surface area contributed by atoms with Crippen molar-refractivity contribution in [2.45, 2.75) is 0 Å². The Hall–Kier alpha value is -8.32. The van der Waals surface area contributed by atoms with E-state index in [1.807, 2.05) is 59.2 Å². The van der Waals surface area contributed by atoms with E-state index in [4.69, 9.17) is 34.9 Å². The molecule has 61 heavy (non-hydrogen) atoms. The summed E-state index contributed by atoms with van der Waals surface area (Å²) in [5.41, 5.74) is 5.98. The highest BCUT2D eigenvalue weighted by Gasteiger charge is 2.21. The number of pyridine rings is 1. The van der Waals surface area contributed by atoms with Crippen LogP contribution in [0.25, 0.3) is 96.4 Å². The van der Waals surface area contributed by atoms with Crippen LogP contribution < -0.4 is 0 Å². The molecule has 0 aliphatic rings. The summed E-state index contributed by atoms with van der Waals surface area (Å²) >= 11 is 0. The fraction of sp³-hybridized carbons (Fsp3) is 0. The SMILES string of the molecule is Fc1ccc(-c2nc(-c3ccc(F)cc3)nc(-c3cc(-c4nc(-c5ccc(F)cc5)nc(-c5ccc(F)cc5)n4)cc(-n4c(-c5cccnc5)nc5ccccc54)c3)n2)cc1. The second kappa shape index (κ2) is 15.5. The van der Waals surface area contributed by atoms with Gasteiger partial charge in [0, 0.05) is 57.0 Å². The van der Waals surface area contributed by atoms with Crippen LogP contribution in [0.5, 0.6) is 0 Å². The van der Waals surface area contributed by atoms with Gasteiger partial charge in [-0.3, -0.25) is 9.55 Å². The Morgan fingerprint density at radius 3 is 1.13 bits per heavy atom. The van der Waals surface area contributed by atoms with Gasteiger partial charge in [0.15, 0.2) is 34.9 Å². The van der Waals surface area contributed by atoms with Crippen molar-refractivity contribution in [2.75, 3.05) is 0 Å². The molecule has 0 amide bonds. The molecule has 4 aromatic heterocycles. The fourth-order valence-electron chi connectivity index (χ4n) is 6.90. The summed E-state index contributed by atoms with van der Waals surface area (Å²) in [6.07, 6.45) is 3.42. The van der Waals surface area contributed by atoms with Crippen molar-refractivity contribution in [3.63, 3.8) is 0 Å². The third-order valence-electron chi connectivity index (χ3n) is 9.85. The lowest BCUT2D eigenvalue weighted by Crippen LogP contribution is -2.04.